The summed E-state index contributed by atoms with van der Waals surface area (Å²) < 4.78 is 27.3. The van der Waals surface area contributed by atoms with Gasteiger partial charge in [-0.3, -0.25) is 9.59 Å². The van der Waals surface area contributed by atoms with Crippen molar-refractivity contribution in [3.05, 3.63) is 110 Å². The molecule has 1 unspecified atom stereocenters. The number of hydrogen-bond acceptors (Lipinski definition) is 5. The maximum atomic E-state index is 13.6. The molecule has 0 aliphatic heterocycles. The summed E-state index contributed by atoms with van der Waals surface area (Å²) in [4.78, 5) is 23.4. The van der Waals surface area contributed by atoms with E-state index in [1.54, 1.807) is 13.0 Å². The highest BCUT2D eigenvalue weighted by Gasteiger charge is 2.20. The molecule has 1 atom stereocenters. The molecule has 7 heteroatoms. The number of anilines is 3. The van der Waals surface area contributed by atoms with Gasteiger partial charge in [-0.15, -0.1) is 0 Å². The lowest BCUT2D eigenvalue weighted by molar-refractivity contribution is 0.546. The molecule has 162 valence electrons. The zero-order valence-corrected chi connectivity index (χ0v) is 17.3. The predicted octanol–water partition coefficient (Wildman–Crippen LogP) is 4.40. The van der Waals surface area contributed by atoms with E-state index in [1.165, 1.54) is 12.1 Å². The summed E-state index contributed by atoms with van der Waals surface area (Å²) in [7, 11) is 0. The van der Waals surface area contributed by atoms with Gasteiger partial charge in [-0.05, 0) is 47.4 Å². The molecule has 0 fully saturated rings. The Hall–Kier alpha value is -3.84. The average molecular weight is 433 g/mol. The van der Waals surface area contributed by atoms with Crippen molar-refractivity contribution in [3.8, 4) is 11.1 Å². The van der Waals surface area contributed by atoms with Crippen LogP contribution < -0.4 is 27.2 Å². The number of halogens is 2. The van der Waals surface area contributed by atoms with Gasteiger partial charge in [0.2, 0.25) is 0 Å². The van der Waals surface area contributed by atoms with Crippen LogP contribution in [0, 0.1) is 11.6 Å². The second kappa shape index (κ2) is 8.72. The number of nitrogens with one attached hydrogen (secondary N) is 2. The fourth-order valence-electron chi connectivity index (χ4n) is 3.65. The van der Waals surface area contributed by atoms with Crippen LogP contribution >= 0.6 is 0 Å². The minimum atomic E-state index is -0.701. The summed E-state index contributed by atoms with van der Waals surface area (Å²) in [5.41, 5.74) is 8.06. The number of nitrogen functional groups attached to an aromatic ring is 1. The van der Waals surface area contributed by atoms with Gasteiger partial charge in [0.05, 0.1) is 0 Å². The zero-order valence-electron chi connectivity index (χ0n) is 17.3. The summed E-state index contributed by atoms with van der Waals surface area (Å²) in [6.45, 7) is 2.13. The lowest BCUT2D eigenvalue weighted by Gasteiger charge is -2.21. The number of rotatable bonds is 7. The van der Waals surface area contributed by atoms with Crippen molar-refractivity contribution in [2.45, 2.75) is 19.5 Å². The Morgan fingerprint density at radius 3 is 2.25 bits per heavy atom. The summed E-state index contributed by atoms with van der Waals surface area (Å²) in [6, 6.07) is 18.3. The van der Waals surface area contributed by atoms with Crippen LogP contribution in [0.2, 0.25) is 0 Å². The van der Waals surface area contributed by atoms with Gasteiger partial charge in [0.15, 0.2) is 0 Å². The first-order valence-electron chi connectivity index (χ1n) is 10.1. The lowest BCUT2D eigenvalue weighted by Crippen LogP contribution is -2.36. The Labute approximate surface area is 183 Å². The molecule has 0 amide bonds. The zero-order chi connectivity index (χ0) is 22.8. The molecule has 0 radical (unpaired) electrons. The van der Waals surface area contributed by atoms with Gasteiger partial charge in [0, 0.05) is 24.3 Å². The maximum Gasteiger partial charge on any atom is 0.253 e. The first-order chi connectivity index (χ1) is 15.3. The third kappa shape index (κ3) is 4.15. The van der Waals surface area contributed by atoms with Crippen LogP contribution in [-0.4, -0.2) is 0 Å². The quantitative estimate of drug-likeness (QED) is 0.376. The normalized spacial score (nSPS) is 12.1. The molecule has 0 saturated carbocycles. The third-order valence-corrected chi connectivity index (χ3v) is 5.44. The highest BCUT2D eigenvalue weighted by molar-refractivity contribution is 5.81. The average Bonchev–Trinajstić information content (AvgIpc) is 2.80. The molecular formula is C25H21F2N3O2. The maximum absolute atomic E-state index is 13.6. The molecule has 4 aromatic rings. The van der Waals surface area contributed by atoms with Gasteiger partial charge in [-0.1, -0.05) is 42.5 Å². The monoisotopic (exact) mass is 433 g/mol. The van der Waals surface area contributed by atoms with E-state index in [9.17, 15) is 18.4 Å². The molecule has 32 heavy (non-hydrogen) atoms. The lowest BCUT2D eigenvalue weighted by atomic mass is 9.97. The van der Waals surface area contributed by atoms with E-state index < -0.39 is 22.5 Å². The Kier molecular flexibility index (Phi) is 5.83. The number of hydrogen-bond donors (Lipinski definition) is 3. The van der Waals surface area contributed by atoms with E-state index in [-0.39, 0.29) is 17.4 Å². The van der Waals surface area contributed by atoms with Crippen molar-refractivity contribution in [1.82, 2.24) is 5.32 Å². The van der Waals surface area contributed by atoms with Gasteiger partial charge in [0.25, 0.3) is 10.9 Å². The topological polar surface area (TPSA) is 84.2 Å². The van der Waals surface area contributed by atoms with Crippen LogP contribution in [-0.2, 0) is 6.54 Å². The highest BCUT2D eigenvalue weighted by Crippen LogP contribution is 2.32. The van der Waals surface area contributed by atoms with Gasteiger partial charge >= 0.3 is 0 Å². The fraction of sp³-hybridized carbons (Fsp3) is 0.120. The van der Waals surface area contributed by atoms with Crippen LogP contribution in [0.1, 0.15) is 24.1 Å². The Bertz CT molecular complexity index is 1330. The van der Waals surface area contributed by atoms with Gasteiger partial charge in [0.1, 0.15) is 23.0 Å². The predicted molar refractivity (Wildman–Crippen MR) is 123 cm³/mol. The van der Waals surface area contributed by atoms with E-state index in [1.807, 2.05) is 42.5 Å². The fourth-order valence-corrected chi connectivity index (χ4v) is 3.65. The van der Waals surface area contributed by atoms with Crippen molar-refractivity contribution >= 4 is 17.1 Å². The van der Waals surface area contributed by atoms with Gasteiger partial charge < -0.3 is 16.4 Å². The summed E-state index contributed by atoms with van der Waals surface area (Å²) in [5.74, 6) is -1.28. The Morgan fingerprint density at radius 2 is 1.59 bits per heavy atom. The summed E-state index contributed by atoms with van der Waals surface area (Å²) in [6.07, 6.45) is 0. The first kappa shape index (κ1) is 21.4. The molecule has 0 aliphatic carbocycles. The van der Waals surface area contributed by atoms with Crippen LogP contribution in [0.25, 0.3) is 11.1 Å². The molecule has 0 saturated heterocycles. The molecule has 0 aromatic heterocycles. The minimum absolute atomic E-state index is 0.0710. The number of nitrogens with two attached hydrogens (primary N) is 1. The van der Waals surface area contributed by atoms with Crippen LogP contribution in [0.15, 0.2) is 76.3 Å². The number of benzene rings is 3. The molecular weight excluding hydrogens is 412 g/mol. The smallest absolute Gasteiger partial charge is 0.253 e. The Balaban J connectivity index is 1.69. The summed E-state index contributed by atoms with van der Waals surface area (Å²) >= 11 is 0. The van der Waals surface area contributed by atoms with Crippen molar-refractivity contribution in [3.63, 3.8) is 0 Å². The molecule has 0 bridgehead atoms. The minimum Gasteiger partial charge on any atom is -0.394 e. The molecule has 5 nitrogen and oxygen atoms in total. The standard InChI is InChI=1S/C25H21F2N3O2/c1-14(16-10-17(26)12-18(27)11-16)29-13-20-19(15-6-3-2-4-7-15)8-5-9-21(20)30-23-22(28)24(31)25(23)32/h2-12,14,29-30H,13,28H2,1H3. The third-order valence-electron chi connectivity index (χ3n) is 5.44. The van der Waals surface area contributed by atoms with Crippen molar-refractivity contribution in [1.29, 1.82) is 0 Å². The molecule has 4 rings (SSSR count). The molecule has 0 aliphatic rings. The van der Waals surface area contributed by atoms with Crippen molar-refractivity contribution in [2.24, 2.45) is 0 Å². The first-order valence-corrected chi connectivity index (χ1v) is 10.1. The largest absolute Gasteiger partial charge is 0.394 e. The van der Waals surface area contributed by atoms with E-state index in [0.717, 1.165) is 22.8 Å². The Morgan fingerprint density at radius 1 is 0.906 bits per heavy atom. The van der Waals surface area contributed by atoms with Gasteiger partial charge in [-0.2, -0.15) is 0 Å². The van der Waals surface area contributed by atoms with Crippen LogP contribution in [0.4, 0.5) is 25.8 Å². The van der Waals surface area contributed by atoms with E-state index in [2.05, 4.69) is 10.6 Å². The molecule has 0 heterocycles. The van der Waals surface area contributed by atoms with Crippen LogP contribution in [0.5, 0.6) is 0 Å². The van der Waals surface area contributed by atoms with Crippen molar-refractivity contribution in [2.75, 3.05) is 11.1 Å². The second-order valence-corrected chi connectivity index (χ2v) is 7.58. The molecule has 0 spiro atoms. The van der Waals surface area contributed by atoms with E-state index in [4.69, 9.17) is 5.73 Å². The molecule has 4 aromatic carbocycles. The van der Waals surface area contributed by atoms with Gasteiger partial charge in [-0.25, -0.2) is 8.78 Å². The van der Waals surface area contributed by atoms with E-state index in [0.29, 0.717) is 17.8 Å². The summed E-state index contributed by atoms with van der Waals surface area (Å²) in [5, 5.41) is 6.28. The highest BCUT2D eigenvalue weighted by atomic mass is 19.1. The second-order valence-electron chi connectivity index (χ2n) is 7.58. The van der Waals surface area contributed by atoms with E-state index >= 15 is 0 Å². The van der Waals surface area contributed by atoms with Crippen molar-refractivity contribution < 1.29 is 8.78 Å². The molecule has 4 N–H and O–H groups in total. The SMILES string of the molecule is CC(NCc1c(Nc2c(N)c(=O)c2=O)cccc1-c1ccccc1)c1cc(F)cc(F)c1. The van der Waals surface area contributed by atoms with Crippen LogP contribution in [0.3, 0.4) is 0 Å².